The number of nitrogens with zero attached hydrogens (tertiary/aromatic N) is 1. The third-order valence-electron chi connectivity index (χ3n) is 1.78. The lowest BCUT2D eigenvalue weighted by Gasteiger charge is -1.99. The monoisotopic (exact) mass is 273 g/mol. The van der Waals surface area contributed by atoms with Crippen LogP contribution in [0.15, 0.2) is 25.8 Å². The first-order valence-corrected chi connectivity index (χ1v) is 5.01. The van der Waals surface area contributed by atoms with Gasteiger partial charge in [0.25, 0.3) is 0 Å². The molecule has 2 aromatic rings. The zero-order valence-electron chi connectivity index (χ0n) is 7.17. The van der Waals surface area contributed by atoms with Crippen LogP contribution in [0.3, 0.4) is 0 Å². The van der Waals surface area contributed by atoms with Crippen LogP contribution in [0.1, 0.15) is 5.89 Å². The molecule has 0 fully saturated rings. The zero-order valence-corrected chi connectivity index (χ0v) is 9.52. The van der Waals surface area contributed by atoms with Gasteiger partial charge in [-0.1, -0.05) is 11.6 Å². The summed E-state index contributed by atoms with van der Waals surface area (Å²) >= 11 is 9.11. The summed E-state index contributed by atoms with van der Waals surface area (Å²) in [6.07, 6.45) is 0. The summed E-state index contributed by atoms with van der Waals surface area (Å²) in [5.41, 5.74) is 0.164. The molecule has 0 amide bonds. The molecule has 0 aliphatic carbocycles. The van der Waals surface area contributed by atoms with Gasteiger partial charge in [0, 0.05) is 11.4 Å². The van der Waals surface area contributed by atoms with Gasteiger partial charge in [-0.15, -0.1) is 0 Å². The van der Waals surface area contributed by atoms with Crippen LogP contribution >= 0.6 is 27.5 Å². The molecule has 0 saturated heterocycles. The first-order valence-electron chi connectivity index (χ1n) is 3.84. The third kappa shape index (κ3) is 1.55. The van der Waals surface area contributed by atoms with Gasteiger partial charge in [0.1, 0.15) is 0 Å². The van der Waals surface area contributed by atoms with Crippen LogP contribution in [0.2, 0.25) is 5.02 Å². The standard InChI is InChI=1S/C9H5BrClNO2/c1-4-12-8-3-6(10)7(11)2-5(8)9(13)14-4/h2-3H,1H3. The molecule has 1 aromatic heterocycles. The molecule has 0 unspecified atom stereocenters. The summed E-state index contributed by atoms with van der Waals surface area (Å²) < 4.78 is 5.56. The van der Waals surface area contributed by atoms with Gasteiger partial charge < -0.3 is 4.42 Å². The summed E-state index contributed by atoms with van der Waals surface area (Å²) in [4.78, 5) is 15.5. The van der Waals surface area contributed by atoms with Crippen molar-refractivity contribution < 1.29 is 4.42 Å². The Kier molecular flexibility index (Phi) is 2.33. The zero-order chi connectivity index (χ0) is 10.3. The highest BCUT2D eigenvalue weighted by molar-refractivity contribution is 9.10. The van der Waals surface area contributed by atoms with Gasteiger partial charge >= 0.3 is 5.63 Å². The second kappa shape index (κ2) is 3.37. The van der Waals surface area contributed by atoms with E-state index < -0.39 is 5.63 Å². The smallest absolute Gasteiger partial charge is 0.346 e. The minimum Gasteiger partial charge on any atom is -0.408 e. The van der Waals surface area contributed by atoms with E-state index in [4.69, 9.17) is 16.0 Å². The largest absolute Gasteiger partial charge is 0.408 e. The fourth-order valence-electron chi connectivity index (χ4n) is 1.17. The fourth-order valence-corrected chi connectivity index (χ4v) is 1.67. The molecule has 0 radical (unpaired) electrons. The molecule has 0 saturated carbocycles. The van der Waals surface area contributed by atoms with E-state index in [-0.39, 0.29) is 0 Å². The van der Waals surface area contributed by atoms with Gasteiger partial charge in [0.2, 0.25) is 0 Å². The molecular formula is C9H5BrClNO2. The van der Waals surface area contributed by atoms with E-state index in [1.54, 1.807) is 19.1 Å². The number of fused-ring (bicyclic) bond motifs is 1. The number of rotatable bonds is 0. The van der Waals surface area contributed by atoms with Gasteiger partial charge in [0.05, 0.1) is 15.9 Å². The van der Waals surface area contributed by atoms with Crippen LogP contribution in [0.4, 0.5) is 0 Å². The van der Waals surface area contributed by atoms with Crippen molar-refractivity contribution in [3.63, 3.8) is 0 Å². The summed E-state index contributed by atoms with van der Waals surface area (Å²) in [6.45, 7) is 1.63. The van der Waals surface area contributed by atoms with Crippen LogP contribution in [-0.2, 0) is 0 Å². The van der Waals surface area contributed by atoms with E-state index in [0.29, 0.717) is 26.3 Å². The maximum Gasteiger partial charge on any atom is 0.346 e. The second-order valence-corrected chi connectivity index (χ2v) is 4.07. The minimum absolute atomic E-state index is 0.344. The summed E-state index contributed by atoms with van der Waals surface area (Å²) in [5, 5.41) is 0.860. The molecule has 0 spiro atoms. The van der Waals surface area contributed by atoms with Crippen molar-refractivity contribution in [3.05, 3.63) is 37.9 Å². The maximum absolute atomic E-state index is 11.4. The fraction of sp³-hybridized carbons (Fsp3) is 0.111. The molecule has 0 atom stereocenters. The topological polar surface area (TPSA) is 43.1 Å². The molecule has 0 bridgehead atoms. The lowest BCUT2D eigenvalue weighted by molar-refractivity contribution is 0.467. The van der Waals surface area contributed by atoms with Gasteiger partial charge in [-0.25, -0.2) is 9.78 Å². The molecule has 1 heterocycles. The number of halogens is 2. The van der Waals surface area contributed by atoms with Crippen molar-refractivity contribution in [3.8, 4) is 0 Å². The molecule has 5 heteroatoms. The Morgan fingerprint density at radius 3 is 2.93 bits per heavy atom. The van der Waals surface area contributed by atoms with Crippen molar-refractivity contribution in [2.24, 2.45) is 0 Å². The normalized spacial score (nSPS) is 10.8. The van der Waals surface area contributed by atoms with Crippen molar-refractivity contribution in [2.75, 3.05) is 0 Å². The van der Waals surface area contributed by atoms with Crippen LogP contribution in [0, 0.1) is 6.92 Å². The van der Waals surface area contributed by atoms with Crippen molar-refractivity contribution in [2.45, 2.75) is 6.92 Å². The first-order chi connectivity index (χ1) is 6.58. The molecule has 14 heavy (non-hydrogen) atoms. The summed E-state index contributed by atoms with van der Waals surface area (Å²) in [6, 6.07) is 3.24. The third-order valence-corrected chi connectivity index (χ3v) is 2.97. The predicted octanol–water partition coefficient (Wildman–Crippen LogP) is 2.91. The average molecular weight is 275 g/mol. The van der Waals surface area contributed by atoms with E-state index in [1.165, 1.54) is 0 Å². The molecule has 72 valence electrons. The lowest BCUT2D eigenvalue weighted by atomic mass is 10.2. The van der Waals surface area contributed by atoms with Crippen LogP contribution < -0.4 is 5.63 Å². The maximum atomic E-state index is 11.4. The Morgan fingerprint density at radius 1 is 1.50 bits per heavy atom. The van der Waals surface area contributed by atoms with Gasteiger partial charge in [-0.05, 0) is 28.1 Å². The Hall–Kier alpha value is -0.870. The molecule has 0 aliphatic rings. The number of benzene rings is 1. The molecular weight excluding hydrogens is 269 g/mol. The summed E-state index contributed by atoms with van der Waals surface area (Å²) in [7, 11) is 0. The van der Waals surface area contributed by atoms with Crippen LogP contribution in [-0.4, -0.2) is 4.98 Å². The van der Waals surface area contributed by atoms with E-state index in [1.807, 2.05) is 0 Å². The van der Waals surface area contributed by atoms with Gasteiger partial charge in [-0.3, -0.25) is 0 Å². The van der Waals surface area contributed by atoms with Crippen LogP contribution in [0.25, 0.3) is 10.9 Å². The quantitative estimate of drug-likeness (QED) is 0.742. The second-order valence-electron chi connectivity index (χ2n) is 2.80. The molecule has 0 aliphatic heterocycles. The average Bonchev–Trinajstić information content (AvgIpc) is 2.08. The van der Waals surface area contributed by atoms with Crippen molar-refractivity contribution in [1.82, 2.24) is 4.98 Å². The minimum atomic E-state index is -0.415. The molecule has 1 aromatic carbocycles. The highest BCUT2D eigenvalue weighted by Crippen LogP contribution is 2.25. The van der Waals surface area contributed by atoms with Crippen molar-refractivity contribution >= 4 is 38.4 Å². The Balaban J connectivity index is 2.96. The number of aryl methyl sites for hydroxylation is 1. The Morgan fingerprint density at radius 2 is 2.21 bits per heavy atom. The first kappa shape index (κ1) is 9.68. The van der Waals surface area contributed by atoms with Crippen LogP contribution in [0.5, 0.6) is 0 Å². The highest BCUT2D eigenvalue weighted by atomic mass is 79.9. The Bertz CT molecular complexity index is 564. The van der Waals surface area contributed by atoms with Gasteiger partial charge in [0.15, 0.2) is 5.89 Å². The van der Waals surface area contributed by atoms with Gasteiger partial charge in [-0.2, -0.15) is 0 Å². The lowest BCUT2D eigenvalue weighted by Crippen LogP contribution is -2.02. The van der Waals surface area contributed by atoms with Crippen molar-refractivity contribution in [1.29, 1.82) is 0 Å². The molecule has 0 N–H and O–H groups in total. The van der Waals surface area contributed by atoms with E-state index in [2.05, 4.69) is 20.9 Å². The number of hydrogen-bond acceptors (Lipinski definition) is 3. The van der Waals surface area contributed by atoms with E-state index in [9.17, 15) is 4.79 Å². The predicted molar refractivity (Wildman–Crippen MR) is 57.7 cm³/mol. The number of hydrogen-bond donors (Lipinski definition) is 0. The van der Waals surface area contributed by atoms with E-state index >= 15 is 0 Å². The Labute approximate surface area is 92.8 Å². The molecule has 2 rings (SSSR count). The number of aromatic nitrogens is 1. The molecule has 3 nitrogen and oxygen atoms in total. The SMILES string of the molecule is Cc1nc2cc(Br)c(Cl)cc2c(=O)o1. The van der Waals surface area contributed by atoms with E-state index in [0.717, 1.165) is 0 Å². The summed E-state index contributed by atoms with van der Waals surface area (Å²) in [5.74, 6) is 0.344. The highest BCUT2D eigenvalue weighted by Gasteiger charge is 2.06.